The Kier molecular flexibility index (Phi) is 9.58. The lowest BCUT2D eigenvalue weighted by Gasteiger charge is -2.28. The fourth-order valence-electron chi connectivity index (χ4n) is 1.96. The fourth-order valence-corrected chi connectivity index (χ4v) is 3.38. The number of sulfone groups is 1. The van der Waals surface area contributed by atoms with E-state index < -0.39 is 42.0 Å². The maximum absolute atomic E-state index is 12.9. The van der Waals surface area contributed by atoms with Gasteiger partial charge in [-0.2, -0.15) is 13.2 Å². The third-order valence-electron chi connectivity index (χ3n) is 3.25. The van der Waals surface area contributed by atoms with E-state index >= 15 is 0 Å². The Balaban J connectivity index is 3.21. The third kappa shape index (κ3) is 7.34. The van der Waals surface area contributed by atoms with Gasteiger partial charge < -0.3 is 21.3 Å². The molecule has 0 aliphatic rings. The first-order chi connectivity index (χ1) is 13.6. The summed E-state index contributed by atoms with van der Waals surface area (Å²) in [4.78, 5) is 10.5. The zero-order valence-corrected chi connectivity index (χ0v) is 19.6. The van der Waals surface area contributed by atoms with Crippen LogP contribution in [0.2, 0.25) is 0 Å². The highest BCUT2D eigenvalue weighted by molar-refractivity contribution is 7.92. The monoisotopic (exact) mass is 548 g/mol. The van der Waals surface area contributed by atoms with Crippen molar-refractivity contribution in [2.45, 2.75) is 27.3 Å². The van der Waals surface area contributed by atoms with Gasteiger partial charge in [0.1, 0.15) is 12.0 Å². The molecule has 1 atom stereocenters. The molecule has 0 saturated carbocycles. The number of carbonyl (C=O) groups is 1. The van der Waals surface area contributed by atoms with Crippen LogP contribution in [-0.4, -0.2) is 47.3 Å². The number of anilines is 2. The quantitative estimate of drug-likeness (QED) is 0.233. The minimum atomic E-state index is -5.60. The van der Waals surface area contributed by atoms with Crippen LogP contribution in [0.4, 0.5) is 24.5 Å². The highest BCUT2D eigenvalue weighted by Crippen LogP contribution is 2.34. The second-order valence-corrected chi connectivity index (χ2v) is 10.4. The lowest BCUT2D eigenvalue weighted by molar-refractivity contribution is -0.119. The van der Waals surface area contributed by atoms with E-state index in [1.54, 1.807) is 6.92 Å². The molecular weight excluding hydrogens is 535 g/mol. The predicted octanol–water partition coefficient (Wildman–Crippen LogP) is 3.75. The van der Waals surface area contributed by atoms with Gasteiger partial charge in [-0.1, -0.05) is 34.8 Å². The fraction of sp³-hybridized carbons (Fsp3) is 0.429. The van der Waals surface area contributed by atoms with E-state index in [2.05, 4.69) is 21.3 Å². The van der Waals surface area contributed by atoms with Crippen LogP contribution in [0.5, 0.6) is 0 Å². The lowest BCUT2D eigenvalue weighted by Crippen LogP contribution is -2.56. The van der Waals surface area contributed by atoms with Gasteiger partial charge in [-0.25, -0.2) is 8.42 Å². The van der Waals surface area contributed by atoms with Gasteiger partial charge >= 0.3 is 5.51 Å². The van der Waals surface area contributed by atoms with E-state index in [0.717, 1.165) is 18.2 Å². The van der Waals surface area contributed by atoms with E-state index in [9.17, 15) is 26.4 Å². The van der Waals surface area contributed by atoms with Crippen molar-refractivity contribution >= 4 is 90.9 Å². The van der Waals surface area contributed by atoms with Gasteiger partial charge in [0.05, 0.1) is 16.3 Å². The molecule has 0 aromatic heterocycles. The maximum atomic E-state index is 12.9. The van der Waals surface area contributed by atoms with Gasteiger partial charge in [0.2, 0.25) is 9.70 Å². The van der Waals surface area contributed by atoms with Gasteiger partial charge in [0.15, 0.2) is 5.11 Å². The molecule has 4 N–H and O–H groups in total. The smallest absolute Gasteiger partial charge is 0.384 e. The molecule has 0 fully saturated rings. The van der Waals surface area contributed by atoms with Crippen molar-refractivity contribution < 1.29 is 26.4 Å². The Labute approximate surface area is 195 Å². The first-order valence-corrected chi connectivity index (χ1v) is 11.4. The number of nitrogens with one attached hydrogen (secondary N) is 4. The minimum absolute atomic E-state index is 0.105. The number of thiocarbonyl (C=S) groups is 1. The molecule has 1 aromatic rings. The summed E-state index contributed by atoms with van der Waals surface area (Å²) >= 11 is 27.7. The zero-order valence-electron chi connectivity index (χ0n) is 14.9. The Bertz CT molecular complexity index is 895. The predicted molar refractivity (Wildman–Crippen MR) is 116 cm³/mol. The first-order valence-electron chi connectivity index (χ1n) is 7.82. The summed E-state index contributed by atoms with van der Waals surface area (Å²) in [6, 6.07) is 2.68. The SMILES string of the molecule is CCNc1ccc(S(=O)(=O)C(F)(F)F)cc1NC(=S)NC(NC(=O)CCl)C(Cl)(Cl)Cl. The van der Waals surface area contributed by atoms with Crippen molar-refractivity contribution in [2.75, 3.05) is 23.1 Å². The van der Waals surface area contributed by atoms with E-state index in [1.807, 2.05) is 0 Å². The molecule has 7 nitrogen and oxygen atoms in total. The van der Waals surface area contributed by atoms with Crippen LogP contribution in [-0.2, 0) is 14.6 Å². The van der Waals surface area contributed by atoms with Crippen LogP contribution < -0.4 is 21.3 Å². The first kappa shape index (κ1) is 27.1. The lowest BCUT2D eigenvalue weighted by atomic mass is 10.2. The van der Waals surface area contributed by atoms with E-state index in [1.165, 1.54) is 0 Å². The van der Waals surface area contributed by atoms with Crippen molar-refractivity contribution in [3.8, 4) is 0 Å². The number of amides is 1. The number of alkyl halides is 7. The van der Waals surface area contributed by atoms with Crippen LogP contribution in [0.1, 0.15) is 6.92 Å². The summed E-state index contributed by atoms with van der Waals surface area (Å²) in [6.07, 6.45) is -1.36. The van der Waals surface area contributed by atoms with Crippen LogP contribution in [0.25, 0.3) is 0 Å². The maximum Gasteiger partial charge on any atom is 0.501 e. The highest BCUT2D eigenvalue weighted by atomic mass is 35.6. The molecule has 0 saturated heterocycles. The van der Waals surface area contributed by atoms with Gasteiger partial charge in [-0.05, 0) is 37.3 Å². The number of rotatable bonds is 7. The molecule has 16 heteroatoms. The summed E-state index contributed by atoms with van der Waals surface area (Å²) in [6.45, 7) is 2.07. The zero-order chi connectivity index (χ0) is 23.3. The normalized spacial score (nSPS) is 13.3. The van der Waals surface area contributed by atoms with Gasteiger partial charge in [0.25, 0.3) is 9.84 Å². The average Bonchev–Trinajstić information content (AvgIpc) is 2.60. The van der Waals surface area contributed by atoms with Crippen LogP contribution in [0.3, 0.4) is 0 Å². The third-order valence-corrected chi connectivity index (χ3v) is 5.85. The van der Waals surface area contributed by atoms with Crippen molar-refractivity contribution in [3.05, 3.63) is 18.2 Å². The summed E-state index contributed by atoms with van der Waals surface area (Å²) in [5.74, 6) is -1.14. The van der Waals surface area contributed by atoms with Gasteiger partial charge in [0, 0.05) is 6.54 Å². The molecule has 1 unspecified atom stereocenters. The number of carbonyl (C=O) groups excluding carboxylic acids is 1. The topological polar surface area (TPSA) is 99.3 Å². The Morgan fingerprint density at radius 3 is 2.23 bits per heavy atom. The Morgan fingerprint density at radius 1 is 1.17 bits per heavy atom. The number of benzene rings is 1. The van der Waals surface area contributed by atoms with Crippen LogP contribution >= 0.6 is 58.6 Å². The van der Waals surface area contributed by atoms with Gasteiger partial charge in [-0.3, -0.25) is 4.79 Å². The van der Waals surface area contributed by atoms with Crippen molar-refractivity contribution in [2.24, 2.45) is 0 Å². The van der Waals surface area contributed by atoms with E-state index in [0.29, 0.717) is 6.54 Å². The standard InChI is InChI=1S/C14H15Cl4F3N4O3S2/c1-2-22-8-4-3-7(30(27,28)14(19,20)21)5-9(8)23-12(29)25-11(13(16,17)18)24-10(26)6-15/h3-5,11,22H,2,6H2,1H3,(H,24,26)(H2,23,25,29). The molecule has 1 aromatic carbocycles. The molecule has 1 rings (SSSR count). The number of hydrogen-bond acceptors (Lipinski definition) is 5. The largest absolute Gasteiger partial charge is 0.501 e. The second-order valence-electron chi connectivity index (χ2n) is 5.46. The molecule has 0 aliphatic heterocycles. The molecule has 0 spiro atoms. The van der Waals surface area contributed by atoms with Crippen molar-refractivity contribution in [3.63, 3.8) is 0 Å². The van der Waals surface area contributed by atoms with E-state index in [-0.39, 0.29) is 16.5 Å². The summed E-state index contributed by atoms with van der Waals surface area (Å²) in [7, 11) is -5.60. The van der Waals surface area contributed by atoms with Crippen molar-refractivity contribution in [1.29, 1.82) is 0 Å². The molecule has 170 valence electrons. The van der Waals surface area contributed by atoms with Crippen LogP contribution in [0, 0.1) is 0 Å². The second kappa shape index (κ2) is 10.6. The summed E-state index contributed by atoms with van der Waals surface area (Å²) < 4.78 is 59.9. The van der Waals surface area contributed by atoms with E-state index in [4.69, 9.17) is 58.6 Å². The van der Waals surface area contributed by atoms with Crippen LogP contribution in [0.15, 0.2) is 23.1 Å². The van der Waals surface area contributed by atoms with Gasteiger partial charge in [-0.15, -0.1) is 11.6 Å². The average molecular weight is 550 g/mol. The molecule has 0 bridgehead atoms. The molecule has 1 amide bonds. The molecular formula is C14H15Cl4F3N4O3S2. The molecule has 0 radical (unpaired) electrons. The molecule has 0 heterocycles. The Hall–Kier alpha value is -0.920. The summed E-state index contributed by atoms with van der Waals surface area (Å²) in [5.41, 5.74) is -5.35. The molecule has 30 heavy (non-hydrogen) atoms. The number of hydrogen-bond donors (Lipinski definition) is 4. The highest BCUT2D eigenvalue weighted by Gasteiger charge is 2.47. The summed E-state index contributed by atoms with van der Waals surface area (Å²) in [5, 5.41) is 9.78. The molecule has 0 aliphatic carbocycles. The minimum Gasteiger partial charge on any atom is -0.384 e. The van der Waals surface area contributed by atoms with Crippen molar-refractivity contribution in [1.82, 2.24) is 10.6 Å². The Morgan fingerprint density at radius 2 is 1.77 bits per heavy atom. The number of halogens is 7.